The van der Waals surface area contributed by atoms with Crippen molar-refractivity contribution in [2.45, 2.75) is 31.2 Å². The molecule has 0 aliphatic carbocycles. The summed E-state index contributed by atoms with van der Waals surface area (Å²) < 4.78 is 23.7. The van der Waals surface area contributed by atoms with Gasteiger partial charge in [0, 0.05) is 31.6 Å². The van der Waals surface area contributed by atoms with Gasteiger partial charge >= 0.3 is 5.69 Å². The Morgan fingerprint density at radius 1 is 1.14 bits per heavy atom. The van der Waals surface area contributed by atoms with E-state index in [9.17, 15) is 18.5 Å². The lowest BCUT2D eigenvalue weighted by molar-refractivity contribution is -0.386. The lowest BCUT2D eigenvalue weighted by Crippen LogP contribution is -2.32. The van der Waals surface area contributed by atoms with Gasteiger partial charge < -0.3 is 10.2 Å². The Bertz CT molecular complexity index is 950. The summed E-state index contributed by atoms with van der Waals surface area (Å²) in [7, 11) is -3.69. The van der Waals surface area contributed by atoms with Crippen LogP contribution in [0.25, 0.3) is 0 Å². The van der Waals surface area contributed by atoms with Crippen LogP contribution in [0.4, 0.5) is 17.1 Å². The van der Waals surface area contributed by atoms with Gasteiger partial charge in [0.25, 0.3) is 0 Å². The van der Waals surface area contributed by atoms with Crippen molar-refractivity contribution in [3.63, 3.8) is 0 Å². The maximum absolute atomic E-state index is 11.9. The van der Waals surface area contributed by atoms with Crippen LogP contribution < -0.4 is 10.2 Å². The fourth-order valence-electron chi connectivity index (χ4n) is 3.44. The molecule has 0 spiro atoms. The number of nitrogens with zero attached hydrogens (tertiary/aromatic N) is 2. The highest BCUT2D eigenvalue weighted by Gasteiger charge is 2.26. The molecular weight excluding hydrogens is 378 g/mol. The normalized spacial score (nSPS) is 15.4. The summed E-state index contributed by atoms with van der Waals surface area (Å²) in [6.07, 6.45) is 3.37. The van der Waals surface area contributed by atoms with Gasteiger partial charge in [0.1, 0.15) is 10.6 Å². The predicted molar refractivity (Wildman–Crippen MR) is 111 cm³/mol. The van der Waals surface area contributed by atoms with Crippen LogP contribution in [0.5, 0.6) is 0 Å². The molecule has 150 valence electrons. The number of sulfone groups is 1. The van der Waals surface area contributed by atoms with Crippen molar-refractivity contribution in [1.29, 1.82) is 0 Å². The number of hydrogen-bond donors (Lipinski definition) is 1. The van der Waals surface area contributed by atoms with E-state index in [1.807, 2.05) is 12.1 Å². The molecule has 0 atom stereocenters. The van der Waals surface area contributed by atoms with E-state index in [1.54, 1.807) is 0 Å². The van der Waals surface area contributed by atoms with Gasteiger partial charge in [-0.2, -0.15) is 0 Å². The summed E-state index contributed by atoms with van der Waals surface area (Å²) in [5.74, 6) is 0.776. The summed E-state index contributed by atoms with van der Waals surface area (Å²) in [5, 5.41) is 14.4. The lowest BCUT2D eigenvalue weighted by Gasteiger charge is -2.32. The molecule has 2 aromatic carbocycles. The van der Waals surface area contributed by atoms with E-state index in [-0.39, 0.29) is 10.6 Å². The molecule has 3 rings (SSSR count). The van der Waals surface area contributed by atoms with Crippen molar-refractivity contribution in [3.8, 4) is 0 Å². The minimum absolute atomic E-state index is 0.196. The fraction of sp³-hybridized carbons (Fsp3) is 0.400. The van der Waals surface area contributed by atoms with Crippen molar-refractivity contribution in [2.75, 3.05) is 29.6 Å². The van der Waals surface area contributed by atoms with Gasteiger partial charge in [0.15, 0.2) is 9.84 Å². The highest BCUT2D eigenvalue weighted by molar-refractivity contribution is 7.90. The first-order valence-electron chi connectivity index (χ1n) is 9.31. The average molecular weight is 404 g/mol. The molecule has 2 aromatic rings. The molecule has 1 heterocycles. The van der Waals surface area contributed by atoms with Crippen LogP contribution in [0.2, 0.25) is 0 Å². The zero-order valence-corrected chi connectivity index (χ0v) is 16.9. The second-order valence-electron chi connectivity index (χ2n) is 7.37. The third-order valence-corrected chi connectivity index (χ3v) is 6.28. The van der Waals surface area contributed by atoms with Crippen LogP contribution in [-0.2, 0) is 16.4 Å². The number of nitrogens with one attached hydrogen (secondary N) is 1. The van der Waals surface area contributed by atoms with Crippen LogP contribution in [0.3, 0.4) is 0 Å². The number of rotatable bonds is 6. The second-order valence-corrected chi connectivity index (χ2v) is 9.36. The fourth-order valence-corrected chi connectivity index (χ4v) is 4.30. The predicted octanol–water partition coefficient (Wildman–Crippen LogP) is 3.85. The molecular formula is C20H25N3O4S. The smallest absolute Gasteiger partial charge is 0.310 e. The average Bonchev–Trinajstić information content (AvgIpc) is 2.66. The van der Waals surface area contributed by atoms with E-state index in [4.69, 9.17) is 0 Å². The number of piperidine rings is 1. The van der Waals surface area contributed by atoms with Crippen molar-refractivity contribution in [1.82, 2.24) is 0 Å². The standard InChI is InChI=1S/C20H25N3O4S/c1-15-10-12-22(13-11-15)17-8-6-16(7-9-17)14-21-18-4-3-5-19(28(2,26)27)20(18)23(24)25/h3-9,15,21H,10-14H2,1-2H3. The maximum atomic E-state index is 11.9. The molecule has 0 amide bonds. The number of nitro benzene ring substituents is 1. The van der Waals surface area contributed by atoms with Gasteiger partial charge in [-0.25, -0.2) is 8.42 Å². The molecule has 28 heavy (non-hydrogen) atoms. The molecule has 0 saturated carbocycles. The van der Waals surface area contributed by atoms with Crippen LogP contribution in [0.15, 0.2) is 47.4 Å². The first kappa shape index (κ1) is 20.1. The van der Waals surface area contributed by atoms with E-state index < -0.39 is 20.4 Å². The van der Waals surface area contributed by atoms with Crippen LogP contribution in [-0.4, -0.2) is 32.7 Å². The molecule has 1 aliphatic rings. The Morgan fingerprint density at radius 3 is 2.36 bits per heavy atom. The molecule has 7 nitrogen and oxygen atoms in total. The maximum Gasteiger partial charge on any atom is 0.310 e. The van der Waals surface area contributed by atoms with E-state index in [0.717, 1.165) is 30.8 Å². The van der Waals surface area contributed by atoms with Gasteiger partial charge in [0.05, 0.1) is 4.92 Å². The zero-order valence-electron chi connectivity index (χ0n) is 16.1. The molecule has 0 radical (unpaired) electrons. The minimum Gasteiger partial charge on any atom is -0.375 e. The van der Waals surface area contributed by atoms with Crippen LogP contribution in [0, 0.1) is 16.0 Å². The molecule has 8 heteroatoms. The molecule has 0 aromatic heterocycles. The molecule has 1 fully saturated rings. The number of benzene rings is 2. The third-order valence-electron chi connectivity index (χ3n) is 5.15. The Labute approximate surface area is 165 Å². The SMILES string of the molecule is CC1CCN(c2ccc(CNc3cccc(S(C)(=O)=O)c3[N+](=O)[O-])cc2)CC1. The molecule has 0 bridgehead atoms. The highest BCUT2D eigenvalue weighted by atomic mass is 32.2. The zero-order chi connectivity index (χ0) is 20.3. The number of nitro groups is 1. The molecule has 1 aliphatic heterocycles. The topological polar surface area (TPSA) is 92.6 Å². The van der Waals surface area contributed by atoms with Crippen molar-refractivity contribution in [2.24, 2.45) is 5.92 Å². The largest absolute Gasteiger partial charge is 0.375 e. The van der Waals surface area contributed by atoms with Gasteiger partial charge in [-0.05, 0) is 48.6 Å². The summed E-state index contributed by atoms with van der Waals surface area (Å²) in [5.41, 5.74) is 1.93. The Morgan fingerprint density at radius 2 is 1.79 bits per heavy atom. The summed E-state index contributed by atoms with van der Waals surface area (Å²) in [6.45, 7) is 4.77. The number of anilines is 2. The van der Waals surface area contributed by atoms with Crippen LogP contribution in [0.1, 0.15) is 25.3 Å². The lowest BCUT2D eigenvalue weighted by atomic mass is 9.99. The first-order valence-corrected chi connectivity index (χ1v) is 11.2. The van der Waals surface area contributed by atoms with Gasteiger partial charge in [-0.15, -0.1) is 0 Å². The molecule has 1 saturated heterocycles. The third kappa shape index (κ3) is 4.62. The summed E-state index contributed by atoms with van der Waals surface area (Å²) in [6, 6.07) is 12.4. The van der Waals surface area contributed by atoms with Crippen molar-refractivity contribution in [3.05, 3.63) is 58.1 Å². The van der Waals surface area contributed by atoms with Gasteiger partial charge in [-0.1, -0.05) is 25.1 Å². The van der Waals surface area contributed by atoms with Gasteiger partial charge in [-0.3, -0.25) is 10.1 Å². The van der Waals surface area contributed by atoms with Crippen molar-refractivity contribution < 1.29 is 13.3 Å². The second kappa shape index (κ2) is 8.18. The van der Waals surface area contributed by atoms with E-state index in [1.165, 1.54) is 36.7 Å². The first-order chi connectivity index (χ1) is 13.3. The monoisotopic (exact) mass is 403 g/mol. The van der Waals surface area contributed by atoms with Crippen molar-refractivity contribution >= 4 is 26.9 Å². The minimum atomic E-state index is -3.69. The highest BCUT2D eigenvalue weighted by Crippen LogP contribution is 2.32. The Balaban J connectivity index is 1.73. The summed E-state index contributed by atoms with van der Waals surface area (Å²) >= 11 is 0. The quantitative estimate of drug-likeness (QED) is 0.582. The Kier molecular flexibility index (Phi) is 5.88. The summed E-state index contributed by atoms with van der Waals surface area (Å²) in [4.78, 5) is 12.9. The Hall–Kier alpha value is -2.61. The molecule has 1 N–H and O–H groups in total. The van der Waals surface area contributed by atoms with E-state index in [0.29, 0.717) is 6.54 Å². The number of hydrogen-bond acceptors (Lipinski definition) is 6. The van der Waals surface area contributed by atoms with Gasteiger partial charge in [0.2, 0.25) is 0 Å². The van der Waals surface area contributed by atoms with Crippen LogP contribution >= 0.6 is 0 Å². The molecule has 0 unspecified atom stereocenters. The van der Waals surface area contributed by atoms with E-state index >= 15 is 0 Å². The number of para-hydroxylation sites is 1. The van der Waals surface area contributed by atoms with E-state index in [2.05, 4.69) is 29.3 Å².